The Hall–Kier alpha value is -2.34. The van der Waals surface area contributed by atoms with Crippen molar-refractivity contribution in [2.75, 3.05) is 23.8 Å². The number of ether oxygens (including phenoxy) is 1. The Morgan fingerprint density at radius 1 is 1.08 bits per heavy atom. The smallest absolute Gasteiger partial charge is 0.338 e. The monoisotopic (exact) mass is 390 g/mol. The van der Waals surface area contributed by atoms with E-state index in [0.29, 0.717) is 17.9 Å². The minimum atomic E-state index is -0.356. The average Bonchev–Trinajstić information content (AvgIpc) is 2.58. The number of anilines is 2. The molecule has 0 saturated heterocycles. The van der Waals surface area contributed by atoms with Crippen LogP contribution in [0, 0.1) is 0 Å². The predicted molar refractivity (Wildman–Crippen MR) is 98.3 cm³/mol. The van der Waals surface area contributed by atoms with E-state index in [0.717, 1.165) is 16.6 Å². The Morgan fingerprint density at radius 3 is 2.50 bits per heavy atom. The molecule has 0 spiro atoms. The van der Waals surface area contributed by atoms with Crippen molar-refractivity contribution in [3.8, 4) is 0 Å². The largest absolute Gasteiger partial charge is 0.462 e. The van der Waals surface area contributed by atoms with Gasteiger partial charge in [0.2, 0.25) is 5.91 Å². The third kappa shape index (κ3) is 5.70. The first-order valence-electron chi connectivity index (χ1n) is 7.65. The molecule has 2 rings (SSSR count). The van der Waals surface area contributed by atoms with E-state index in [1.807, 2.05) is 31.2 Å². The molecule has 0 saturated carbocycles. The van der Waals surface area contributed by atoms with Crippen LogP contribution >= 0.6 is 15.9 Å². The number of hydrogen-bond donors (Lipinski definition) is 2. The molecule has 24 heavy (non-hydrogen) atoms. The highest BCUT2D eigenvalue weighted by Crippen LogP contribution is 2.15. The Balaban J connectivity index is 1.84. The lowest BCUT2D eigenvalue weighted by Crippen LogP contribution is -2.21. The SMILES string of the molecule is CCCOC(=O)c1ccc(NC(=O)CNc2cccc(Br)c2)cc1. The van der Waals surface area contributed by atoms with E-state index in [2.05, 4.69) is 26.6 Å². The second kappa shape index (κ2) is 9.08. The van der Waals surface area contributed by atoms with Crippen molar-refractivity contribution in [2.24, 2.45) is 0 Å². The number of amides is 1. The number of hydrogen-bond acceptors (Lipinski definition) is 4. The third-order valence-corrected chi connectivity index (χ3v) is 3.61. The van der Waals surface area contributed by atoms with E-state index in [-0.39, 0.29) is 18.4 Å². The molecule has 0 bridgehead atoms. The fourth-order valence-electron chi connectivity index (χ4n) is 1.95. The molecule has 0 radical (unpaired) electrons. The molecule has 1 amide bonds. The van der Waals surface area contributed by atoms with Crippen LogP contribution in [0.3, 0.4) is 0 Å². The maximum atomic E-state index is 12.0. The van der Waals surface area contributed by atoms with Gasteiger partial charge in [0.15, 0.2) is 0 Å². The molecule has 0 aliphatic rings. The fraction of sp³-hybridized carbons (Fsp3) is 0.222. The van der Waals surface area contributed by atoms with Crippen LogP contribution in [0.2, 0.25) is 0 Å². The zero-order chi connectivity index (χ0) is 17.4. The summed E-state index contributed by atoms with van der Waals surface area (Å²) in [5.41, 5.74) is 1.95. The molecule has 5 nitrogen and oxygen atoms in total. The van der Waals surface area contributed by atoms with Crippen LogP contribution in [-0.2, 0) is 9.53 Å². The first-order valence-corrected chi connectivity index (χ1v) is 8.44. The van der Waals surface area contributed by atoms with Gasteiger partial charge in [-0.2, -0.15) is 0 Å². The number of esters is 1. The first kappa shape index (κ1) is 18.0. The lowest BCUT2D eigenvalue weighted by atomic mass is 10.2. The van der Waals surface area contributed by atoms with Crippen molar-refractivity contribution in [1.29, 1.82) is 0 Å². The fourth-order valence-corrected chi connectivity index (χ4v) is 2.35. The van der Waals surface area contributed by atoms with Crippen molar-refractivity contribution >= 4 is 39.2 Å². The van der Waals surface area contributed by atoms with Gasteiger partial charge in [-0.15, -0.1) is 0 Å². The van der Waals surface area contributed by atoms with Crippen molar-refractivity contribution < 1.29 is 14.3 Å². The molecule has 0 aromatic heterocycles. The summed E-state index contributed by atoms with van der Waals surface area (Å²) in [4.78, 5) is 23.7. The second-order valence-corrected chi connectivity index (χ2v) is 6.04. The van der Waals surface area contributed by atoms with Gasteiger partial charge in [0.1, 0.15) is 0 Å². The minimum absolute atomic E-state index is 0.150. The van der Waals surface area contributed by atoms with Gasteiger partial charge in [-0.25, -0.2) is 4.79 Å². The normalized spacial score (nSPS) is 10.1. The first-order chi connectivity index (χ1) is 11.6. The summed E-state index contributed by atoms with van der Waals surface area (Å²) in [5, 5.41) is 5.81. The Bertz CT molecular complexity index is 702. The number of halogens is 1. The summed E-state index contributed by atoms with van der Waals surface area (Å²) in [7, 11) is 0. The van der Waals surface area contributed by atoms with Gasteiger partial charge >= 0.3 is 5.97 Å². The maximum Gasteiger partial charge on any atom is 0.338 e. The zero-order valence-electron chi connectivity index (χ0n) is 13.3. The van der Waals surface area contributed by atoms with Crippen molar-refractivity contribution in [1.82, 2.24) is 0 Å². The van der Waals surface area contributed by atoms with E-state index in [4.69, 9.17) is 4.74 Å². The molecule has 0 unspecified atom stereocenters. The molecule has 0 aliphatic carbocycles. The van der Waals surface area contributed by atoms with Crippen LogP contribution in [0.4, 0.5) is 11.4 Å². The zero-order valence-corrected chi connectivity index (χ0v) is 14.9. The lowest BCUT2D eigenvalue weighted by molar-refractivity contribution is -0.114. The van der Waals surface area contributed by atoms with Crippen molar-refractivity contribution in [2.45, 2.75) is 13.3 Å². The highest BCUT2D eigenvalue weighted by atomic mass is 79.9. The standard InChI is InChI=1S/C18H19BrN2O3/c1-2-10-24-18(23)13-6-8-15(9-7-13)21-17(22)12-20-16-5-3-4-14(19)11-16/h3-9,11,20H,2,10,12H2,1H3,(H,21,22). The van der Waals surface area contributed by atoms with Crippen LogP contribution in [0.5, 0.6) is 0 Å². The molecule has 0 aliphatic heterocycles. The van der Waals surface area contributed by atoms with Crippen molar-refractivity contribution in [3.63, 3.8) is 0 Å². The lowest BCUT2D eigenvalue weighted by Gasteiger charge is -2.09. The summed E-state index contributed by atoms with van der Waals surface area (Å²) < 4.78 is 6.00. The topological polar surface area (TPSA) is 67.4 Å². The van der Waals surface area contributed by atoms with Crippen LogP contribution < -0.4 is 10.6 Å². The average molecular weight is 391 g/mol. The van der Waals surface area contributed by atoms with E-state index in [1.165, 1.54) is 0 Å². The highest BCUT2D eigenvalue weighted by Gasteiger charge is 2.07. The van der Waals surface area contributed by atoms with Crippen molar-refractivity contribution in [3.05, 3.63) is 58.6 Å². The van der Waals surface area contributed by atoms with E-state index in [9.17, 15) is 9.59 Å². The number of nitrogens with one attached hydrogen (secondary N) is 2. The van der Waals surface area contributed by atoms with Gasteiger partial charge < -0.3 is 15.4 Å². The molecule has 2 aromatic rings. The molecule has 2 N–H and O–H groups in total. The Labute approximate surface area is 149 Å². The van der Waals surface area contributed by atoms with E-state index < -0.39 is 0 Å². The summed E-state index contributed by atoms with van der Waals surface area (Å²) in [6.07, 6.45) is 0.783. The van der Waals surface area contributed by atoms with Gasteiger partial charge in [0.25, 0.3) is 0 Å². The second-order valence-electron chi connectivity index (χ2n) is 5.13. The number of rotatable bonds is 7. The molecule has 6 heteroatoms. The number of carbonyl (C=O) groups is 2. The van der Waals surface area contributed by atoms with E-state index >= 15 is 0 Å². The summed E-state index contributed by atoms with van der Waals surface area (Å²) in [5.74, 6) is -0.526. The predicted octanol–water partition coefficient (Wildman–Crippen LogP) is 4.07. The van der Waals surface area contributed by atoms with Crippen LogP contribution in [0.25, 0.3) is 0 Å². The molecular formula is C18H19BrN2O3. The molecule has 0 fully saturated rings. The molecule has 2 aromatic carbocycles. The van der Waals surface area contributed by atoms with Gasteiger partial charge in [-0.3, -0.25) is 4.79 Å². The van der Waals surface area contributed by atoms with Gasteiger partial charge in [0, 0.05) is 15.8 Å². The summed E-state index contributed by atoms with van der Waals surface area (Å²) >= 11 is 3.38. The van der Waals surface area contributed by atoms with Gasteiger partial charge in [-0.05, 0) is 48.9 Å². The highest BCUT2D eigenvalue weighted by molar-refractivity contribution is 9.10. The van der Waals surface area contributed by atoms with Gasteiger partial charge in [-0.1, -0.05) is 28.9 Å². The molecule has 0 atom stereocenters. The molecule has 126 valence electrons. The maximum absolute atomic E-state index is 12.0. The minimum Gasteiger partial charge on any atom is -0.462 e. The number of carbonyl (C=O) groups excluding carboxylic acids is 2. The van der Waals surface area contributed by atoms with Crippen LogP contribution in [-0.4, -0.2) is 25.0 Å². The Morgan fingerprint density at radius 2 is 1.83 bits per heavy atom. The Kier molecular flexibility index (Phi) is 6.81. The van der Waals surface area contributed by atoms with E-state index in [1.54, 1.807) is 24.3 Å². The molecular weight excluding hydrogens is 372 g/mol. The number of benzene rings is 2. The third-order valence-electron chi connectivity index (χ3n) is 3.12. The summed E-state index contributed by atoms with van der Waals surface area (Å²) in [6.45, 7) is 2.49. The van der Waals surface area contributed by atoms with Gasteiger partial charge in [0.05, 0.1) is 18.7 Å². The van der Waals surface area contributed by atoms with Crippen LogP contribution in [0.15, 0.2) is 53.0 Å². The quantitative estimate of drug-likeness (QED) is 0.699. The van der Waals surface area contributed by atoms with Crippen LogP contribution in [0.1, 0.15) is 23.7 Å². The summed E-state index contributed by atoms with van der Waals surface area (Å²) in [6, 6.07) is 14.2. The molecule has 0 heterocycles.